The molecule has 0 aromatic heterocycles. The second-order valence-electron chi connectivity index (χ2n) is 4.20. The van der Waals surface area contributed by atoms with Crippen LogP contribution in [0.5, 0.6) is 0 Å². The van der Waals surface area contributed by atoms with Crippen LogP contribution in [0.2, 0.25) is 0 Å². The summed E-state index contributed by atoms with van der Waals surface area (Å²) in [6.07, 6.45) is -8.97. The first-order chi connectivity index (χ1) is 9.28. The van der Waals surface area contributed by atoms with E-state index in [-0.39, 0.29) is 0 Å². The molecule has 0 aromatic carbocycles. The molecule has 13 heteroatoms. The van der Waals surface area contributed by atoms with Gasteiger partial charge in [0.2, 0.25) is 0 Å². The number of hydrogen-bond acceptors (Lipinski definition) is 8. The molecule has 1 saturated heterocycles. The first kappa shape index (κ1) is 18.6. The molecule has 0 saturated carbocycles. The zero-order valence-electron chi connectivity index (χ0n) is 10.9. The van der Waals surface area contributed by atoms with Crippen LogP contribution >= 0.6 is 0 Å². The SMILES string of the molecule is CS(=O)(=O)OC[C@H]1OC(C(F)(F)F)O[C@@H]1COS(C)(=O)=O. The standard InChI is InChI=1S/C8H13F3O8S2/c1-20(12,13)16-3-5-6(4-17-21(2,14)15)19-7(18-5)8(9,10)11/h5-7H,3-4H2,1-2H3/t5-,6-/m1/s1. The molecule has 0 unspecified atom stereocenters. The second-order valence-corrected chi connectivity index (χ2v) is 7.49. The molecule has 0 amide bonds. The molecular formula is C8H13F3O8S2. The molecule has 0 spiro atoms. The molecule has 0 aliphatic carbocycles. The van der Waals surface area contributed by atoms with Crippen molar-refractivity contribution in [1.29, 1.82) is 0 Å². The van der Waals surface area contributed by atoms with Gasteiger partial charge in [0.05, 0.1) is 25.7 Å². The highest BCUT2D eigenvalue weighted by molar-refractivity contribution is 7.86. The Morgan fingerprint density at radius 1 is 0.905 bits per heavy atom. The summed E-state index contributed by atoms with van der Waals surface area (Å²) in [5.74, 6) is 0. The number of hydrogen-bond donors (Lipinski definition) is 0. The first-order valence-electron chi connectivity index (χ1n) is 5.34. The highest BCUT2D eigenvalue weighted by Crippen LogP contribution is 2.32. The van der Waals surface area contributed by atoms with Crippen molar-refractivity contribution in [3.63, 3.8) is 0 Å². The molecule has 0 N–H and O–H groups in total. The highest BCUT2D eigenvalue weighted by Gasteiger charge is 2.51. The van der Waals surface area contributed by atoms with Gasteiger partial charge in [0.15, 0.2) is 0 Å². The van der Waals surface area contributed by atoms with E-state index in [0.717, 1.165) is 0 Å². The van der Waals surface area contributed by atoms with Crippen LogP contribution in [0, 0.1) is 0 Å². The van der Waals surface area contributed by atoms with Gasteiger partial charge in [-0.3, -0.25) is 8.37 Å². The lowest BCUT2D eigenvalue weighted by Crippen LogP contribution is -2.33. The molecule has 21 heavy (non-hydrogen) atoms. The van der Waals surface area contributed by atoms with E-state index in [1.807, 2.05) is 0 Å². The average molecular weight is 358 g/mol. The van der Waals surface area contributed by atoms with E-state index in [1.165, 1.54) is 0 Å². The van der Waals surface area contributed by atoms with Gasteiger partial charge in [-0.05, 0) is 0 Å². The Morgan fingerprint density at radius 2 is 1.24 bits per heavy atom. The Morgan fingerprint density at radius 3 is 1.48 bits per heavy atom. The Hall–Kier alpha value is -0.470. The van der Waals surface area contributed by atoms with Crippen LogP contribution in [-0.4, -0.2) is 67.2 Å². The predicted octanol–water partition coefficient (Wildman–Crippen LogP) is -0.389. The van der Waals surface area contributed by atoms with Crippen molar-refractivity contribution in [2.75, 3.05) is 25.7 Å². The monoisotopic (exact) mass is 358 g/mol. The number of rotatable bonds is 6. The lowest BCUT2D eigenvalue weighted by molar-refractivity contribution is -0.281. The summed E-state index contributed by atoms with van der Waals surface area (Å²) in [6.45, 7) is -1.52. The summed E-state index contributed by atoms with van der Waals surface area (Å²) in [4.78, 5) is 0. The number of ether oxygens (including phenoxy) is 2. The molecular weight excluding hydrogens is 345 g/mol. The largest absolute Gasteiger partial charge is 0.440 e. The lowest BCUT2D eigenvalue weighted by atomic mass is 10.2. The van der Waals surface area contributed by atoms with Crippen LogP contribution in [-0.2, 0) is 38.1 Å². The van der Waals surface area contributed by atoms with Crippen molar-refractivity contribution in [2.24, 2.45) is 0 Å². The smallest absolute Gasteiger partial charge is 0.336 e. The molecule has 1 aliphatic rings. The van der Waals surface area contributed by atoms with E-state index >= 15 is 0 Å². The van der Waals surface area contributed by atoms with E-state index in [0.29, 0.717) is 12.5 Å². The molecule has 2 atom stereocenters. The van der Waals surface area contributed by atoms with Crippen molar-refractivity contribution in [1.82, 2.24) is 0 Å². The van der Waals surface area contributed by atoms with Crippen LogP contribution in [0.4, 0.5) is 13.2 Å². The zero-order valence-corrected chi connectivity index (χ0v) is 12.5. The maximum absolute atomic E-state index is 12.5. The van der Waals surface area contributed by atoms with Crippen LogP contribution in [0.3, 0.4) is 0 Å². The Balaban J connectivity index is 2.74. The summed E-state index contributed by atoms with van der Waals surface area (Å²) in [5.41, 5.74) is 0. The Bertz CT molecular complexity index is 511. The third-order valence-corrected chi connectivity index (χ3v) is 3.30. The lowest BCUT2D eigenvalue weighted by Gasteiger charge is -2.15. The van der Waals surface area contributed by atoms with Gasteiger partial charge in [-0.1, -0.05) is 0 Å². The minimum Gasteiger partial charge on any atom is -0.336 e. The van der Waals surface area contributed by atoms with E-state index in [4.69, 9.17) is 0 Å². The average Bonchev–Trinajstić information content (AvgIpc) is 2.64. The maximum Gasteiger partial charge on any atom is 0.440 e. The van der Waals surface area contributed by atoms with Crippen LogP contribution in [0.25, 0.3) is 0 Å². The molecule has 1 rings (SSSR count). The number of halogens is 3. The second kappa shape index (κ2) is 6.34. The predicted molar refractivity (Wildman–Crippen MR) is 61.2 cm³/mol. The summed E-state index contributed by atoms with van der Waals surface area (Å²) in [5, 5.41) is 0. The van der Waals surface area contributed by atoms with E-state index in [9.17, 15) is 30.0 Å². The van der Waals surface area contributed by atoms with Gasteiger partial charge in [-0.15, -0.1) is 0 Å². The first-order valence-corrected chi connectivity index (χ1v) is 8.98. The van der Waals surface area contributed by atoms with Gasteiger partial charge >= 0.3 is 6.18 Å². The van der Waals surface area contributed by atoms with Crippen molar-refractivity contribution in [2.45, 2.75) is 24.7 Å². The molecule has 1 aliphatic heterocycles. The Kier molecular flexibility index (Phi) is 5.61. The van der Waals surface area contributed by atoms with Crippen molar-refractivity contribution < 1.29 is 47.8 Å². The minimum atomic E-state index is -4.86. The quantitative estimate of drug-likeness (QED) is 0.591. The molecule has 1 fully saturated rings. The summed E-state index contributed by atoms with van der Waals surface area (Å²) < 4.78 is 98.4. The van der Waals surface area contributed by atoms with Crippen LogP contribution in [0.15, 0.2) is 0 Å². The molecule has 0 aromatic rings. The van der Waals surface area contributed by atoms with Crippen molar-refractivity contribution in [3.8, 4) is 0 Å². The highest BCUT2D eigenvalue weighted by atomic mass is 32.2. The van der Waals surface area contributed by atoms with E-state index < -0.39 is 58.1 Å². The van der Waals surface area contributed by atoms with Gasteiger partial charge in [0.1, 0.15) is 12.2 Å². The molecule has 0 bridgehead atoms. The fraction of sp³-hybridized carbons (Fsp3) is 1.00. The summed E-state index contributed by atoms with van der Waals surface area (Å²) in [6, 6.07) is 0. The zero-order chi connectivity index (χ0) is 16.5. The van der Waals surface area contributed by atoms with E-state index in [2.05, 4.69) is 17.8 Å². The maximum atomic E-state index is 12.5. The molecule has 126 valence electrons. The molecule has 8 nitrogen and oxygen atoms in total. The third kappa shape index (κ3) is 6.88. The van der Waals surface area contributed by atoms with Gasteiger partial charge in [0.25, 0.3) is 26.5 Å². The fourth-order valence-electron chi connectivity index (χ4n) is 1.35. The molecule has 0 radical (unpaired) electrons. The van der Waals surface area contributed by atoms with Gasteiger partial charge in [-0.25, -0.2) is 0 Å². The minimum absolute atomic E-state index is 0.700. The number of alkyl halides is 3. The molecule has 1 heterocycles. The summed E-state index contributed by atoms with van der Waals surface area (Å²) in [7, 11) is -7.81. The normalized spacial score (nSPS) is 25.4. The fourth-order valence-corrected chi connectivity index (χ4v) is 2.12. The van der Waals surface area contributed by atoms with Crippen molar-refractivity contribution >= 4 is 20.2 Å². The van der Waals surface area contributed by atoms with Gasteiger partial charge in [-0.2, -0.15) is 30.0 Å². The van der Waals surface area contributed by atoms with Gasteiger partial charge < -0.3 is 9.47 Å². The summed E-state index contributed by atoms with van der Waals surface area (Å²) >= 11 is 0. The van der Waals surface area contributed by atoms with E-state index in [1.54, 1.807) is 0 Å². The van der Waals surface area contributed by atoms with Crippen LogP contribution < -0.4 is 0 Å². The van der Waals surface area contributed by atoms with Crippen LogP contribution in [0.1, 0.15) is 0 Å². The van der Waals surface area contributed by atoms with Gasteiger partial charge in [0, 0.05) is 0 Å². The van der Waals surface area contributed by atoms with Crippen molar-refractivity contribution in [3.05, 3.63) is 0 Å². The Labute approximate surface area is 119 Å². The topological polar surface area (TPSA) is 105 Å². The third-order valence-electron chi connectivity index (χ3n) is 2.17.